The molecule has 0 radical (unpaired) electrons. The van der Waals surface area contributed by atoms with Gasteiger partial charge in [0, 0.05) is 16.1 Å². The summed E-state index contributed by atoms with van der Waals surface area (Å²) in [7, 11) is 0. The van der Waals surface area contributed by atoms with Crippen molar-refractivity contribution in [2.45, 2.75) is 6.04 Å². The number of allylic oxidation sites excluding steroid dienone is 1. The van der Waals surface area contributed by atoms with Gasteiger partial charge in [-0.2, -0.15) is 10.5 Å². The third-order valence-corrected chi connectivity index (χ3v) is 3.22. The third-order valence-electron chi connectivity index (χ3n) is 2.99. The average Bonchev–Trinajstić information content (AvgIpc) is 2.70. The molecule has 1 heterocycles. The summed E-state index contributed by atoms with van der Waals surface area (Å²) >= 11 is 5.91. The molecule has 3 rings (SSSR count). The van der Waals surface area contributed by atoms with E-state index < -0.39 is 6.04 Å². The number of hydrogen-bond donors (Lipinski definition) is 1. The maximum atomic E-state index is 12.2. The molecule has 1 aliphatic heterocycles. The Morgan fingerprint density at radius 2 is 2.11 bits per heavy atom. The highest BCUT2D eigenvalue weighted by molar-refractivity contribution is 6.32. The van der Waals surface area contributed by atoms with Gasteiger partial charge in [-0.25, -0.2) is 4.99 Å². The van der Waals surface area contributed by atoms with E-state index in [0.29, 0.717) is 21.8 Å². The molecule has 1 atom stereocenters. The average molecular weight is 269 g/mol. The maximum Gasteiger partial charge on any atom is 0.214 e. The first-order chi connectivity index (χ1) is 9.15. The number of ketones is 1. The normalized spacial score (nSPS) is 19.8. The van der Waals surface area contributed by atoms with Crippen LogP contribution in [0.25, 0.3) is 5.70 Å². The number of nitrogens with zero attached hydrogens (tertiary/aromatic N) is 3. The smallest absolute Gasteiger partial charge is 0.214 e. The quantitative estimate of drug-likeness (QED) is 0.775. The van der Waals surface area contributed by atoms with Crippen LogP contribution < -0.4 is 5.32 Å². The molecule has 90 valence electrons. The monoisotopic (exact) mass is 268 g/mol. The van der Waals surface area contributed by atoms with Crippen molar-refractivity contribution in [1.29, 1.82) is 10.5 Å². The van der Waals surface area contributed by atoms with E-state index in [1.165, 1.54) is 0 Å². The Morgan fingerprint density at radius 3 is 2.79 bits per heavy atom. The lowest BCUT2D eigenvalue weighted by atomic mass is 10.1. The molecule has 0 aromatic heterocycles. The highest BCUT2D eigenvalue weighted by Gasteiger charge is 2.35. The molecule has 1 aromatic rings. The summed E-state index contributed by atoms with van der Waals surface area (Å²) in [5.74, 6) is -0.265. The number of hydrogen-bond acceptors (Lipinski definition) is 5. The zero-order chi connectivity index (χ0) is 13.6. The van der Waals surface area contributed by atoms with Gasteiger partial charge in [0.15, 0.2) is 11.8 Å². The fourth-order valence-electron chi connectivity index (χ4n) is 2.12. The molecule has 1 aliphatic carbocycles. The second-order valence-electron chi connectivity index (χ2n) is 4.06. The molecule has 1 N–H and O–H groups in total. The van der Waals surface area contributed by atoms with E-state index in [4.69, 9.17) is 22.1 Å². The van der Waals surface area contributed by atoms with Crippen LogP contribution in [-0.4, -0.2) is 17.5 Å². The van der Waals surface area contributed by atoms with Crippen LogP contribution in [0.2, 0.25) is 5.02 Å². The predicted octanol–water partition coefficient (Wildman–Crippen LogP) is 1.66. The van der Waals surface area contributed by atoms with Crippen molar-refractivity contribution >= 4 is 28.8 Å². The van der Waals surface area contributed by atoms with Gasteiger partial charge in [-0.05, 0) is 18.2 Å². The first kappa shape index (κ1) is 11.5. The van der Waals surface area contributed by atoms with Crippen molar-refractivity contribution < 1.29 is 4.79 Å². The molecular weight excluding hydrogens is 264 g/mol. The number of Topliss-reactive ketones (excluding diaryl/α,β-unsaturated/α-hetero) is 1. The van der Waals surface area contributed by atoms with Gasteiger partial charge in [-0.15, -0.1) is 0 Å². The largest absolute Gasteiger partial charge is 0.362 e. The molecule has 6 heteroatoms. The molecule has 0 amide bonds. The van der Waals surface area contributed by atoms with E-state index in [-0.39, 0.29) is 17.2 Å². The van der Waals surface area contributed by atoms with Gasteiger partial charge in [0.25, 0.3) is 0 Å². The Labute approximate surface area is 113 Å². The van der Waals surface area contributed by atoms with Gasteiger partial charge in [0.05, 0.1) is 11.8 Å². The molecule has 0 fully saturated rings. The molecule has 19 heavy (non-hydrogen) atoms. The van der Waals surface area contributed by atoms with E-state index in [0.717, 1.165) is 0 Å². The Hall–Kier alpha value is -2.63. The highest BCUT2D eigenvalue weighted by Crippen LogP contribution is 2.35. The van der Waals surface area contributed by atoms with Crippen molar-refractivity contribution in [3.63, 3.8) is 0 Å². The Morgan fingerprint density at radius 1 is 1.32 bits per heavy atom. The summed E-state index contributed by atoms with van der Waals surface area (Å²) < 4.78 is 0. The van der Waals surface area contributed by atoms with Crippen LogP contribution in [0.3, 0.4) is 0 Å². The molecular formula is C13H5ClN4O. The van der Waals surface area contributed by atoms with Crippen LogP contribution >= 0.6 is 11.6 Å². The summed E-state index contributed by atoms with van der Waals surface area (Å²) in [6, 6.07) is 7.79. The first-order valence-electron chi connectivity index (χ1n) is 5.39. The number of benzene rings is 1. The van der Waals surface area contributed by atoms with Crippen molar-refractivity contribution in [2.75, 3.05) is 0 Å². The molecule has 0 bridgehead atoms. The number of aliphatic imine (C=N–C) groups is 1. The second-order valence-corrected chi connectivity index (χ2v) is 4.49. The second kappa shape index (κ2) is 3.94. The van der Waals surface area contributed by atoms with Gasteiger partial charge in [0.1, 0.15) is 11.8 Å². The molecule has 0 saturated carbocycles. The van der Waals surface area contributed by atoms with Gasteiger partial charge in [-0.3, -0.25) is 4.79 Å². The minimum Gasteiger partial charge on any atom is -0.362 e. The number of nitrogens with one attached hydrogen (secondary N) is 1. The van der Waals surface area contributed by atoms with Crippen molar-refractivity contribution in [3.8, 4) is 12.1 Å². The third kappa shape index (κ3) is 1.53. The molecule has 2 aliphatic rings. The van der Waals surface area contributed by atoms with E-state index in [1.54, 1.807) is 18.2 Å². The molecule has 0 spiro atoms. The van der Waals surface area contributed by atoms with Crippen LogP contribution in [0.15, 0.2) is 28.9 Å². The lowest BCUT2D eigenvalue weighted by Gasteiger charge is -2.17. The summed E-state index contributed by atoms with van der Waals surface area (Å²) in [6.07, 6.45) is 0. The van der Waals surface area contributed by atoms with Crippen LogP contribution in [0.5, 0.6) is 0 Å². The fraction of sp³-hybridized carbons (Fsp3) is 0.0769. The molecule has 0 saturated heterocycles. The van der Waals surface area contributed by atoms with E-state index >= 15 is 0 Å². The Bertz CT molecular complexity index is 764. The van der Waals surface area contributed by atoms with Gasteiger partial charge < -0.3 is 5.32 Å². The van der Waals surface area contributed by atoms with Gasteiger partial charge in [0.2, 0.25) is 5.78 Å². The van der Waals surface area contributed by atoms with Crippen LogP contribution in [-0.2, 0) is 0 Å². The van der Waals surface area contributed by atoms with E-state index in [2.05, 4.69) is 10.3 Å². The molecule has 5 nitrogen and oxygen atoms in total. The summed E-state index contributed by atoms with van der Waals surface area (Å²) in [6.45, 7) is 0. The lowest BCUT2D eigenvalue weighted by Crippen LogP contribution is -2.36. The van der Waals surface area contributed by atoms with Crippen molar-refractivity contribution in [1.82, 2.24) is 5.32 Å². The number of fused-ring (bicyclic) bond motifs is 2. The lowest BCUT2D eigenvalue weighted by molar-refractivity contribution is 0.103. The Kier molecular flexibility index (Phi) is 2.38. The number of nitriles is 2. The maximum absolute atomic E-state index is 12.2. The number of rotatable bonds is 0. The SMILES string of the molecule is N#CC1=NC2=C(NC1C#N)c1cc(Cl)ccc1C2=O. The zero-order valence-corrected chi connectivity index (χ0v) is 10.2. The standard InChI is InChI=1S/C13H5ClN4O/c14-6-1-2-7-8(3-6)11-12(13(7)19)18-10(5-16)9(4-15)17-11/h1-3,9,17H. The number of halogens is 1. The first-order valence-corrected chi connectivity index (χ1v) is 5.77. The van der Waals surface area contributed by atoms with Crippen LogP contribution in [0.1, 0.15) is 15.9 Å². The molecule has 1 unspecified atom stereocenters. The fourth-order valence-corrected chi connectivity index (χ4v) is 2.30. The minimum absolute atomic E-state index is 0.00602. The van der Waals surface area contributed by atoms with Crippen molar-refractivity contribution in [3.05, 3.63) is 40.0 Å². The van der Waals surface area contributed by atoms with E-state index in [1.807, 2.05) is 12.1 Å². The highest BCUT2D eigenvalue weighted by atomic mass is 35.5. The summed E-state index contributed by atoms with van der Waals surface area (Å²) in [4.78, 5) is 16.2. The summed E-state index contributed by atoms with van der Waals surface area (Å²) in [5.41, 5.74) is 1.72. The van der Waals surface area contributed by atoms with E-state index in [9.17, 15) is 4.79 Å². The summed E-state index contributed by atoms with van der Waals surface area (Å²) in [5, 5.41) is 21.3. The van der Waals surface area contributed by atoms with Crippen LogP contribution in [0, 0.1) is 22.7 Å². The predicted molar refractivity (Wildman–Crippen MR) is 68.3 cm³/mol. The van der Waals surface area contributed by atoms with Gasteiger partial charge in [-0.1, -0.05) is 11.6 Å². The number of carbonyl (C=O) groups excluding carboxylic acids is 1. The number of carbonyl (C=O) groups is 1. The van der Waals surface area contributed by atoms with Crippen molar-refractivity contribution in [2.24, 2.45) is 4.99 Å². The van der Waals surface area contributed by atoms with Gasteiger partial charge >= 0.3 is 0 Å². The minimum atomic E-state index is -0.846. The Balaban J connectivity index is 2.21. The zero-order valence-electron chi connectivity index (χ0n) is 9.44. The molecule has 1 aromatic carbocycles. The topological polar surface area (TPSA) is 89.0 Å². The van der Waals surface area contributed by atoms with Crippen LogP contribution in [0.4, 0.5) is 0 Å².